The minimum Gasteiger partial charge on any atom is -0.481 e. The van der Waals surface area contributed by atoms with Crippen molar-refractivity contribution in [2.24, 2.45) is 11.8 Å². The summed E-state index contributed by atoms with van der Waals surface area (Å²) in [6, 6.07) is 0.0196. The Morgan fingerprint density at radius 2 is 2.12 bits per heavy atom. The fraction of sp³-hybridized carbons (Fsp3) is 0.818. The summed E-state index contributed by atoms with van der Waals surface area (Å²) in [7, 11) is 0. The first kappa shape index (κ1) is 12.8. The standard InChI is InChI=1S/C11H20N2O3/c1-3-4-8(10(14)15)6-12-11(16)13-9-5-7(9)2/h7-9H,3-6H2,1-2H3,(H,14,15)(H2,12,13,16). The van der Waals surface area contributed by atoms with Crippen molar-refractivity contribution in [2.45, 2.75) is 39.2 Å². The van der Waals surface area contributed by atoms with Crippen LogP contribution in [0, 0.1) is 11.8 Å². The van der Waals surface area contributed by atoms with Gasteiger partial charge in [-0.3, -0.25) is 4.79 Å². The van der Waals surface area contributed by atoms with Crippen LogP contribution in [0.3, 0.4) is 0 Å². The number of hydrogen-bond acceptors (Lipinski definition) is 2. The molecule has 0 saturated heterocycles. The lowest BCUT2D eigenvalue weighted by molar-refractivity contribution is -0.141. The second-order valence-corrected chi connectivity index (χ2v) is 4.50. The monoisotopic (exact) mass is 228 g/mol. The zero-order valence-corrected chi connectivity index (χ0v) is 9.82. The third-order valence-corrected chi connectivity index (χ3v) is 2.92. The number of aliphatic carboxylic acids is 1. The minimum atomic E-state index is -0.845. The minimum absolute atomic E-state index is 0.204. The lowest BCUT2D eigenvalue weighted by Crippen LogP contribution is -2.41. The van der Waals surface area contributed by atoms with Crippen molar-refractivity contribution in [1.29, 1.82) is 0 Å². The first-order valence-electron chi connectivity index (χ1n) is 5.81. The largest absolute Gasteiger partial charge is 0.481 e. The Bertz CT molecular complexity index is 268. The molecule has 0 radical (unpaired) electrons. The number of carboxylic acids is 1. The second kappa shape index (κ2) is 5.72. The van der Waals surface area contributed by atoms with Crippen LogP contribution in [0.25, 0.3) is 0 Å². The zero-order valence-electron chi connectivity index (χ0n) is 9.82. The number of carbonyl (C=O) groups excluding carboxylic acids is 1. The molecule has 1 saturated carbocycles. The number of rotatable bonds is 6. The average molecular weight is 228 g/mol. The van der Waals surface area contributed by atoms with Gasteiger partial charge in [-0.15, -0.1) is 0 Å². The van der Waals surface area contributed by atoms with Crippen molar-refractivity contribution < 1.29 is 14.7 Å². The zero-order chi connectivity index (χ0) is 12.1. The van der Waals surface area contributed by atoms with Crippen LogP contribution in [0.15, 0.2) is 0 Å². The highest BCUT2D eigenvalue weighted by Crippen LogP contribution is 2.28. The molecule has 5 nitrogen and oxygen atoms in total. The average Bonchev–Trinajstić information content (AvgIpc) is 2.88. The predicted molar refractivity (Wildman–Crippen MR) is 60.1 cm³/mol. The van der Waals surface area contributed by atoms with Crippen molar-refractivity contribution in [1.82, 2.24) is 10.6 Å². The SMILES string of the molecule is CCCC(CNC(=O)NC1CC1C)C(=O)O. The summed E-state index contributed by atoms with van der Waals surface area (Å²) < 4.78 is 0. The fourth-order valence-electron chi connectivity index (χ4n) is 1.62. The molecular weight excluding hydrogens is 208 g/mol. The van der Waals surface area contributed by atoms with E-state index >= 15 is 0 Å². The summed E-state index contributed by atoms with van der Waals surface area (Å²) in [6.45, 7) is 4.21. The molecule has 0 aromatic carbocycles. The summed E-state index contributed by atoms with van der Waals surface area (Å²) in [5.41, 5.74) is 0. The lowest BCUT2D eigenvalue weighted by atomic mass is 10.0. The molecule has 3 unspecified atom stereocenters. The Morgan fingerprint density at radius 1 is 1.50 bits per heavy atom. The molecule has 0 aromatic rings. The Hall–Kier alpha value is -1.26. The molecule has 0 bridgehead atoms. The van der Waals surface area contributed by atoms with Gasteiger partial charge in [-0.2, -0.15) is 0 Å². The van der Waals surface area contributed by atoms with Gasteiger partial charge in [-0.05, 0) is 18.8 Å². The summed E-state index contributed by atoms with van der Waals surface area (Å²) >= 11 is 0. The summed E-state index contributed by atoms with van der Waals surface area (Å²) in [5.74, 6) is -0.772. The van der Waals surface area contributed by atoms with Crippen molar-refractivity contribution in [3.8, 4) is 0 Å². The fourth-order valence-corrected chi connectivity index (χ4v) is 1.62. The topological polar surface area (TPSA) is 78.4 Å². The number of urea groups is 1. The van der Waals surface area contributed by atoms with E-state index in [0.29, 0.717) is 12.3 Å². The van der Waals surface area contributed by atoms with Gasteiger partial charge in [-0.1, -0.05) is 20.3 Å². The molecule has 1 rings (SSSR count). The van der Waals surface area contributed by atoms with E-state index in [1.54, 1.807) is 0 Å². The maximum absolute atomic E-state index is 11.4. The van der Waals surface area contributed by atoms with Crippen LogP contribution in [0.1, 0.15) is 33.1 Å². The Balaban J connectivity index is 2.20. The third kappa shape index (κ3) is 4.08. The highest BCUT2D eigenvalue weighted by molar-refractivity contribution is 5.76. The van der Waals surface area contributed by atoms with E-state index < -0.39 is 11.9 Å². The Labute approximate surface area is 95.6 Å². The molecule has 1 fully saturated rings. The van der Waals surface area contributed by atoms with Gasteiger partial charge >= 0.3 is 12.0 Å². The molecule has 3 N–H and O–H groups in total. The highest BCUT2D eigenvalue weighted by Gasteiger charge is 2.33. The van der Waals surface area contributed by atoms with E-state index in [-0.39, 0.29) is 18.6 Å². The van der Waals surface area contributed by atoms with Crippen molar-refractivity contribution in [3.63, 3.8) is 0 Å². The van der Waals surface area contributed by atoms with E-state index in [1.165, 1.54) is 0 Å². The van der Waals surface area contributed by atoms with Crippen LogP contribution in [-0.4, -0.2) is 29.7 Å². The molecule has 92 valence electrons. The van der Waals surface area contributed by atoms with Gasteiger partial charge in [-0.25, -0.2) is 4.79 Å². The van der Waals surface area contributed by atoms with Crippen LogP contribution in [0.2, 0.25) is 0 Å². The highest BCUT2D eigenvalue weighted by atomic mass is 16.4. The van der Waals surface area contributed by atoms with Crippen LogP contribution in [0.5, 0.6) is 0 Å². The van der Waals surface area contributed by atoms with Crippen LogP contribution in [-0.2, 0) is 4.79 Å². The quantitative estimate of drug-likeness (QED) is 0.639. The number of carboxylic acid groups (broad SMARTS) is 1. The van der Waals surface area contributed by atoms with E-state index in [0.717, 1.165) is 12.8 Å². The van der Waals surface area contributed by atoms with Crippen LogP contribution < -0.4 is 10.6 Å². The van der Waals surface area contributed by atoms with E-state index in [2.05, 4.69) is 17.6 Å². The maximum atomic E-state index is 11.4. The molecule has 0 heterocycles. The third-order valence-electron chi connectivity index (χ3n) is 2.92. The normalized spacial score (nSPS) is 24.6. The van der Waals surface area contributed by atoms with Gasteiger partial charge in [0.1, 0.15) is 0 Å². The maximum Gasteiger partial charge on any atom is 0.315 e. The molecule has 0 aliphatic heterocycles. The summed E-state index contributed by atoms with van der Waals surface area (Å²) in [4.78, 5) is 22.2. The molecule has 5 heteroatoms. The van der Waals surface area contributed by atoms with Gasteiger partial charge in [0.2, 0.25) is 0 Å². The lowest BCUT2D eigenvalue weighted by Gasteiger charge is -2.12. The van der Waals surface area contributed by atoms with Gasteiger partial charge in [0.25, 0.3) is 0 Å². The van der Waals surface area contributed by atoms with E-state index in [9.17, 15) is 9.59 Å². The van der Waals surface area contributed by atoms with Gasteiger partial charge < -0.3 is 15.7 Å². The molecular formula is C11H20N2O3. The van der Waals surface area contributed by atoms with Gasteiger partial charge in [0, 0.05) is 12.6 Å². The first-order chi connectivity index (χ1) is 7.54. The molecule has 2 amide bonds. The number of amides is 2. The molecule has 16 heavy (non-hydrogen) atoms. The van der Waals surface area contributed by atoms with Gasteiger partial charge in [0.15, 0.2) is 0 Å². The van der Waals surface area contributed by atoms with Crippen molar-refractivity contribution >= 4 is 12.0 Å². The van der Waals surface area contributed by atoms with E-state index in [4.69, 9.17) is 5.11 Å². The Kier molecular flexibility index (Phi) is 4.58. The van der Waals surface area contributed by atoms with Crippen molar-refractivity contribution in [2.75, 3.05) is 6.54 Å². The van der Waals surface area contributed by atoms with Gasteiger partial charge in [0.05, 0.1) is 5.92 Å². The molecule has 3 atom stereocenters. The first-order valence-corrected chi connectivity index (χ1v) is 5.81. The summed E-state index contributed by atoms with van der Waals surface area (Å²) in [5, 5.41) is 14.3. The molecule has 1 aliphatic carbocycles. The van der Waals surface area contributed by atoms with Crippen molar-refractivity contribution in [3.05, 3.63) is 0 Å². The molecule has 0 spiro atoms. The van der Waals surface area contributed by atoms with Crippen LogP contribution >= 0.6 is 0 Å². The number of hydrogen-bond donors (Lipinski definition) is 3. The second-order valence-electron chi connectivity index (χ2n) is 4.50. The number of carbonyl (C=O) groups is 2. The smallest absolute Gasteiger partial charge is 0.315 e. The molecule has 1 aliphatic rings. The number of nitrogens with one attached hydrogen (secondary N) is 2. The Morgan fingerprint density at radius 3 is 2.56 bits per heavy atom. The molecule has 0 aromatic heterocycles. The van der Waals surface area contributed by atoms with E-state index in [1.807, 2.05) is 6.92 Å². The van der Waals surface area contributed by atoms with Crippen LogP contribution in [0.4, 0.5) is 4.79 Å². The summed E-state index contributed by atoms with van der Waals surface area (Å²) in [6.07, 6.45) is 2.42. The predicted octanol–water partition coefficient (Wildman–Crippen LogP) is 1.19.